The zero-order chi connectivity index (χ0) is 20.1. The average Bonchev–Trinajstić information content (AvgIpc) is 3.16. The van der Waals surface area contributed by atoms with Crippen molar-refractivity contribution in [3.8, 4) is 11.4 Å². The molecule has 0 atom stereocenters. The molecule has 0 radical (unpaired) electrons. The molecule has 1 aromatic heterocycles. The van der Waals surface area contributed by atoms with Gasteiger partial charge < -0.3 is 10.1 Å². The number of alkyl halides is 3. The van der Waals surface area contributed by atoms with Crippen molar-refractivity contribution in [2.24, 2.45) is 0 Å². The lowest BCUT2D eigenvalue weighted by atomic mass is 10.1. The third-order valence-corrected chi connectivity index (χ3v) is 3.63. The fourth-order valence-corrected chi connectivity index (χ4v) is 2.39. The van der Waals surface area contributed by atoms with Crippen molar-refractivity contribution in [2.45, 2.75) is 13.3 Å². The van der Waals surface area contributed by atoms with Crippen molar-refractivity contribution in [3.63, 3.8) is 0 Å². The summed E-state index contributed by atoms with van der Waals surface area (Å²) in [7, 11) is 0. The lowest BCUT2D eigenvalue weighted by molar-refractivity contribution is -0.274. The standard InChI is InChI=1S/C18H14F3N5O2/c1-12-6-8-14(10-15(12)26-11-22-24-25-26)23-17(27)9-7-13-4-2-3-5-16(13)28-18(19,20)21/h2-11H,1H3,(H,23,27)/b9-7+. The Labute approximate surface area is 157 Å². The van der Waals surface area contributed by atoms with Crippen LogP contribution in [0.5, 0.6) is 5.75 Å². The molecule has 0 spiro atoms. The number of ether oxygens (including phenoxy) is 1. The lowest BCUT2D eigenvalue weighted by Gasteiger charge is -2.11. The number of halogens is 3. The number of nitrogens with one attached hydrogen (secondary N) is 1. The predicted molar refractivity (Wildman–Crippen MR) is 94.7 cm³/mol. The number of hydrogen-bond acceptors (Lipinski definition) is 5. The van der Waals surface area contributed by atoms with Gasteiger partial charge in [0.2, 0.25) is 5.91 Å². The van der Waals surface area contributed by atoms with Crippen LogP contribution < -0.4 is 10.1 Å². The Morgan fingerprint density at radius 3 is 2.71 bits per heavy atom. The monoisotopic (exact) mass is 389 g/mol. The highest BCUT2D eigenvalue weighted by Crippen LogP contribution is 2.27. The van der Waals surface area contributed by atoms with Crippen molar-refractivity contribution < 1.29 is 22.7 Å². The number of tetrazole rings is 1. The van der Waals surface area contributed by atoms with Crippen LogP contribution in [0, 0.1) is 6.92 Å². The maximum Gasteiger partial charge on any atom is 0.573 e. The number of amides is 1. The Hall–Kier alpha value is -3.69. The van der Waals surface area contributed by atoms with E-state index >= 15 is 0 Å². The molecule has 0 saturated heterocycles. The van der Waals surface area contributed by atoms with E-state index < -0.39 is 18.0 Å². The first kappa shape index (κ1) is 19.1. The van der Waals surface area contributed by atoms with Gasteiger partial charge in [0, 0.05) is 17.3 Å². The van der Waals surface area contributed by atoms with E-state index in [-0.39, 0.29) is 5.56 Å². The lowest BCUT2D eigenvalue weighted by Crippen LogP contribution is -2.17. The molecule has 0 aliphatic heterocycles. The van der Waals surface area contributed by atoms with Crippen molar-refractivity contribution in [1.29, 1.82) is 0 Å². The molecule has 1 N–H and O–H groups in total. The highest BCUT2D eigenvalue weighted by molar-refractivity contribution is 6.02. The first-order valence-corrected chi connectivity index (χ1v) is 8.00. The summed E-state index contributed by atoms with van der Waals surface area (Å²) in [4.78, 5) is 12.2. The van der Waals surface area contributed by atoms with Crippen LogP contribution in [-0.4, -0.2) is 32.5 Å². The molecule has 0 unspecified atom stereocenters. The molecule has 1 heterocycles. The maximum atomic E-state index is 12.5. The van der Waals surface area contributed by atoms with Crippen LogP contribution in [-0.2, 0) is 4.79 Å². The van der Waals surface area contributed by atoms with Crippen LogP contribution in [0.4, 0.5) is 18.9 Å². The number of benzene rings is 2. The molecular formula is C18H14F3N5O2. The van der Waals surface area contributed by atoms with Crippen LogP contribution in [0.15, 0.2) is 54.9 Å². The zero-order valence-electron chi connectivity index (χ0n) is 14.5. The molecule has 0 aliphatic carbocycles. The Balaban J connectivity index is 1.74. The minimum atomic E-state index is -4.82. The molecule has 2 aromatic carbocycles. The number of para-hydroxylation sites is 1. The summed E-state index contributed by atoms with van der Waals surface area (Å²) in [6.45, 7) is 1.86. The van der Waals surface area contributed by atoms with Crippen molar-refractivity contribution in [1.82, 2.24) is 20.2 Å². The molecule has 0 saturated carbocycles. The molecule has 0 bridgehead atoms. The molecular weight excluding hydrogens is 375 g/mol. The highest BCUT2D eigenvalue weighted by Gasteiger charge is 2.31. The highest BCUT2D eigenvalue weighted by atomic mass is 19.4. The van der Waals surface area contributed by atoms with E-state index in [1.807, 2.05) is 6.92 Å². The van der Waals surface area contributed by atoms with E-state index in [9.17, 15) is 18.0 Å². The molecule has 7 nitrogen and oxygen atoms in total. The predicted octanol–water partition coefficient (Wildman–Crippen LogP) is 3.52. The van der Waals surface area contributed by atoms with Gasteiger partial charge >= 0.3 is 6.36 Å². The molecule has 3 aromatic rings. The molecule has 28 heavy (non-hydrogen) atoms. The summed E-state index contributed by atoms with van der Waals surface area (Å²) in [5, 5.41) is 13.6. The number of aromatic nitrogens is 4. The van der Waals surface area contributed by atoms with E-state index in [1.54, 1.807) is 24.3 Å². The number of hydrogen-bond donors (Lipinski definition) is 1. The van der Waals surface area contributed by atoms with Gasteiger partial charge in [-0.25, -0.2) is 4.68 Å². The van der Waals surface area contributed by atoms with E-state index in [4.69, 9.17) is 0 Å². The van der Waals surface area contributed by atoms with Crippen molar-refractivity contribution in [3.05, 3.63) is 66.0 Å². The van der Waals surface area contributed by atoms with Crippen LogP contribution >= 0.6 is 0 Å². The average molecular weight is 389 g/mol. The van der Waals surface area contributed by atoms with Crippen LogP contribution in [0.25, 0.3) is 11.8 Å². The summed E-state index contributed by atoms with van der Waals surface area (Å²) < 4.78 is 42.8. The zero-order valence-corrected chi connectivity index (χ0v) is 14.5. The van der Waals surface area contributed by atoms with Gasteiger partial charge in [-0.1, -0.05) is 24.3 Å². The Morgan fingerprint density at radius 2 is 2.00 bits per heavy atom. The third-order valence-electron chi connectivity index (χ3n) is 3.63. The normalized spacial score (nSPS) is 11.6. The van der Waals surface area contributed by atoms with Crippen LogP contribution in [0.1, 0.15) is 11.1 Å². The first-order chi connectivity index (χ1) is 13.3. The Morgan fingerprint density at radius 1 is 1.21 bits per heavy atom. The molecule has 144 valence electrons. The van der Waals surface area contributed by atoms with Gasteiger partial charge in [0.1, 0.15) is 12.1 Å². The van der Waals surface area contributed by atoms with Gasteiger partial charge in [-0.15, -0.1) is 18.3 Å². The fourth-order valence-electron chi connectivity index (χ4n) is 2.39. The summed E-state index contributed by atoms with van der Waals surface area (Å²) in [6, 6.07) is 10.7. The van der Waals surface area contributed by atoms with E-state index in [0.717, 1.165) is 11.6 Å². The van der Waals surface area contributed by atoms with E-state index in [1.165, 1.54) is 35.3 Å². The van der Waals surface area contributed by atoms with Gasteiger partial charge in [0.25, 0.3) is 0 Å². The maximum absolute atomic E-state index is 12.5. The fraction of sp³-hybridized carbons (Fsp3) is 0.111. The quantitative estimate of drug-likeness (QED) is 0.676. The molecule has 0 aliphatic rings. The number of carbonyl (C=O) groups is 1. The summed E-state index contributed by atoms with van der Waals surface area (Å²) in [6.07, 6.45) is -1.03. The van der Waals surface area contributed by atoms with Crippen molar-refractivity contribution >= 4 is 17.7 Å². The summed E-state index contributed by atoms with van der Waals surface area (Å²) in [5.41, 5.74) is 2.16. The molecule has 3 rings (SSSR count). The minimum Gasteiger partial charge on any atom is -0.405 e. The van der Waals surface area contributed by atoms with Gasteiger partial charge in [-0.2, -0.15) is 0 Å². The van der Waals surface area contributed by atoms with Crippen molar-refractivity contribution in [2.75, 3.05) is 5.32 Å². The smallest absolute Gasteiger partial charge is 0.405 e. The number of rotatable bonds is 5. The van der Waals surface area contributed by atoms with Gasteiger partial charge in [-0.3, -0.25) is 4.79 Å². The number of nitrogens with zero attached hydrogens (tertiary/aromatic N) is 4. The number of anilines is 1. The first-order valence-electron chi connectivity index (χ1n) is 8.00. The van der Waals surface area contributed by atoms with Gasteiger partial charge in [0.05, 0.1) is 5.69 Å². The molecule has 10 heteroatoms. The second-order valence-corrected chi connectivity index (χ2v) is 5.66. The van der Waals surface area contributed by atoms with Gasteiger partial charge in [-0.05, 0) is 47.2 Å². The summed E-state index contributed by atoms with van der Waals surface area (Å²) in [5.74, 6) is -0.913. The molecule has 1 amide bonds. The van der Waals surface area contributed by atoms with Crippen LogP contribution in [0.3, 0.4) is 0 Å². The topological polar surface area (TPSA) is 81.9 Å². The SMILES string of the molecule is Cc1ccc(NC(=O)/C=C/c2ccccc2OC(F)(F)F)cc1-n1cnnn1. The number of aryl methyl sites for hydroxylation is 1. The number of carbonyl (C=O) groups excluding carboxylic acids is 1. The summed E-state index contributed by atoms with van der Waals surface area (Å²) >= 11 is 0. The Bertz CT molecular complexity index is 1000. The largest absolute Gasteiger partial charge is 0.573 e. The second-order valence-electron chi connectivity index (χ2n) is 5.66. The second kappa shape index (κ2) is 7.91. The minimum absolute atomic E-state index is 0.119. The van der Waals surface area contributed by atoms with Crippen LogP contribution in [0.2, 0.25) is 0 Å². The molecule has 0 fully saturated rings. The Kier molecular flexibility index (Phi) is 5.39. The van der Waals surface area contributed by atoms with E-state index in [2.05, 4.69) is 25.6 Å². The third kappa shape index (κ3) is 4.93. The van der Waals surface area contributed by atoms with E-state index in [0.29, 0.717) is 11.4 Å². The van der Waals surface area contributed by atoms with Gasteiger partial charge in [0.15, 0.2) is 0 Å².